The van der Waals surface area contributed by atoms with Crippen LogP contribution in [0, 0.1) is 12.7 Å². The molecule has 0 fully saturated rings. The van der Waals surface area contributed by atoms with E-state index in [-0.39, 0.29) is 17.3 Å². The number of benzene rings is 1. The molecule has 11 heavy (non-hydrogen) atoms. The molecule has 4 heteroatoms. The van der Waals surface area contributed by atoms with E-state index in [2.05, 4.69) is 4.36 Å². The predicted octanol–water partition coefficient (Wildman–Crippen LogP) is 2.16. The van der Waals surface area contributed by atoms with Crippen LogP contribution >= 0.6 is 0 Å². The Balaban J connectivity index is 3.26. The van der Waals surface area contributed by atoms with Crippen molar-refractivity contribution in [3.05, 3.63) is 29.6 Å². The molecule has 0 bridgehead atoms. The first-order chi connectivity index (χ1) is 5.25. The summed E-state index contributed by atoms with van der Waals surface area (Å²) in [6, 6.07) is 4.46. The van der Waals surface area contributed by atoms with E-state index in [0.29, 0.717) is 11.3 Å². The maximum absolute atomic E-state index is 12.7. The Hall–Kier alpha value is -1.03. The van der Waals surface area contributed by atoms with Crippen molar-refractivity contribution in [2.24, 2.45) is 4.36 Å². The summed E-state index contributed by atoms with van der Waals surface area (Å²) in [6.07, 6.45) is 0. The van der Waals surface area contributed by atoms with Crippen LogP contribution in [-0.4, -0.2) is 4.21 Å². The van der Waals surface area contributed by atoms with Crippen LogP contribution in [0.3, 0.4) is 0 Å². The fourth-order valence-electron chi connectivity index (χ4n) is 0.735. The monoisotopic (exact) mass is 171 g/mol. The molecule has 1 aromatic carbocycles. The van der Waals surface area contributed by atoms with E-state index >= 15 is 0 Å². The van der Waals surface area contributed by atoms with Crippen LogP contribution in [0.25, 0.3) is 0 Å². The highest BCUT2D eigenvalue weighted by atomic mass is 32.1. The Kier molecular flexibility index (Phi) is 2.48. The molecule has 0 saturated heterocycles. The van der Waals surface area contributed by atoms with Gasteiger partial charge in [0, 0.05) is 5.56 Å². The topological polar surface area (TPSA) is 29.4 Å². The SMILES string of the molecule is Cc1c(F)cccc1N=S=O. The molecule has 0 radical (unpaired) electrons. The lowest BCUT2D eigenvalue weighted by Crippen LogP contribution is -1.79. The molecular weight excluding hydrogens is 165 g/mol. The molecule has 1 aromatic rings. The zero-order valence-electron chi connectivity index (χ0n) is 5.87. The Labute approximate surface area is 67.3 Å². The van der Waals surface area contributed by atoms with Gasteiger partial charge in [0.15, 0.2) is 0 Å². The van der Waals surface area contributed by atoms with Crippen molar-refractivity contribution >= 4 is 17.2 Å². The van der Waals surface area contributed by atoms with Crippen molar-refractivity contribution in [3.63, 3.8) is 0 Å². The Bertz CT molecular complexity index is 320. The molecule has 0 aliphatic heterocycles. The molecular formula is C7H6FNOS. The van der Waals surface area contributed by atoms with Crippen LogP contribution in [-0.2, 0) is 11.5 Å². The van der Waals surface area contributed by atoms with Gasteiger partial charge in [-0.3, -0.25) is 0 Å². The van der Waals surface area contributed by atoms with Crippen LogP contribution in [0.2, 0.25) is 0 Å². The second kappa shape index (κ2) is 3.39. The van der Waals surface area contributed by atoms with E-state index in [1.54, 1.807) is 13.0 Å². The van der Waals surface area contributed by atoms with E-state index in [1.807, 2.05) is 0 Å². The van der Waals surface area contributed by atoms with Crippen molar-refractivity contribution in [1.29, 1.82) is 0 Å². The van der Waals surface area contributed by atoms with Gasteiger partial charge < -0.3 is 0 Å². The molecule has 0 heterocycles. The normalized spacial score (nSPS) is 9.27. The van der Waals surface area contributed by atoms with Crippen molar-refractivity contribution in [1.82, 2.24) is 0 Å². The maximum atomic E-state index is 12.7. The lowest BCUT2D eigenvalue weighted by atomic mass is 10.2. The van der Waals surface area contributed by atoms with E-state index in [1.165, 1.54) is 12.1 Å². The minimum Gasteiger partial charge on any atom is -0.207 e. The van der Waals surface area contributed by atoms with Crippen molar-refractivity contribution in [2.45, 2.75) is 6.92 Å². The largest absolute Gasteiger partial charge is 0.207 e. The minimum atomic E-state index is -0.333. The third kappa shape index (κ3) is 1.71. The van der Waals surface area contributed by atoms with Gasteiger partial charge in [-0.05, 0) is 19.1 Å². The third-order valence-corrected chi connectivity index (χ3v) is 1.65. The lowest BCUT2D eigenvalue weighted by molar-refractivity contribution is 0.619. The molecule has 0 aliphatic rings. The molecule has 0 atom stereocenters. The molecule has 58 valence electrons. The standard InChI is InChI=1S/C7H6FNOS/c1-5-6(8)3-2-4-7(5)9-11-10/h2-4H,1H3. The number of halogens is 1. The Morgan fingerprint density at radius 1 is 1.55 bits per heavy atom. The Morgan fingerprint density at radius 2 is 2.27 bits per heavy atom. The highest BCUT2D eigenvalue weighted by Crippen LogP contribution is 2.19. The molecule has 0 N–H and O–H groups in total. The summed E-state index contributed by atoms with van der Waals surface area (Å²) < 4.78 is 26.2. The maximum Gasteiger partial charge on any atom is 0.205 e. The highest BCUT2D eigenvalue weighted by molar-refractivity contribution is 7.54. The first kappa shape index (κ1) is 8.07. The van der Waals surface area contributed by atoms with Gasteiger partial charge in [0.1, 0.15) is 5.82 Å². The van der Waals surface area contributed by atoms with E-state index in [9.17, 15) is 8.60 Å². The van der Waals surface area contributed by atoms with Gasteiger partial charge in [-0.15, -0.1) is 0 Å². The average molecular weight is 171 g/mol. The summed E-state index contributed by atoms with van der Waals surface area (Å²) in [5.74, 6) is -0.333. The van der Waals surface area contributed by atoms with Gasteiger partial charge in [0.25, 0.3) is 0 Å². The van der Waals surface area contributed by atoms with Crippen molar-refractivity contribution in [2.75, 3.05) is 0 Å². The van der Waals surface area contributed by atoms with Crippen LogP contribution in [0.15, 0.2) is 22.6 Å². The van der Waals surface area contributed by atoms with Gasteiger partial charge in [0.05, 0.1) is 5.69 Å². The van der Waals surface area contributed by atoms with E-state index < -0.39 is 0 Å². The van der Waals surface area contributed by atoms with E-state index in [0.717, 1.165) is 0 Å². The predicted molar refractivity (Wildman–Crippen MR) is 41.4 cm³/mol. The molecule has 0 saturated carbocycles. The summed E-state index contributed by atoms with van der Waals surface area (Å²) in [4.78, 5) is 0. The van der Waals surface area contributed by atoms with Crippen LogP contribution in [0.5, 0.6) is 0 Å². The van der Waals surface area contributed by atoms with Crippen LogP contribution in [0.1, 0.15) is 5.56 Å². The molecule has 1 rings (SSSR count). The molecule has 0 aromatic heterocycles. The number of hydrogen-bond donors (Lipinski definition) is 0. The summed E-state index contributed by atoms with van der Waals surface area (Å²) in [5, 5.41) is 0. The molecule has 0 spiro atoms. The van der Waals surface area contributed by atoms with Gasteiger partial charge in [-0.2, -0.15) is 8.57 Å². The third-order valence-electron chi connectivity index (χ3n) is 1.37. The number of hydrogen-bond acceptors (Lipinski definition) is 2. The fourth-order valence-corrected chi connectivity index (χ4v) is 1.01. The summed E-state index contributed by atoms with van der Waals surface area (Å²) in [5.41, 5.74) is 0.820. The summed E-state index contributed by atoms with van der Waals surface area (Å²) in [6.45, 7) is 1.59. The van der Waals surface area contributed by atoms with Crippen molar-refractivity contribution in [3.8, 4) is 0 Å². The quantitative estimate of drug-likeness (QED) is 0.636. The molecule has 0 aliphatic carbocycles. The second-order valence-corrected chi connectivity index (χ2v) is 2.38. The van der Waals surface area contributed by atoms with Gasteiger partial charge >= 0.3 is 0 Å². The minimum absolute atomic E-state index is 0.0859. The molecule has 0 unspecified atom stereocenters. The molecule has 0 amide bonds. The van der Waals surface area contributed by atoms with Crippen LogP contribution in [0.4, 0.5) is 10.1 Å². The zero-order valence-corrected chi connectivity index (χ0v) is 6.69. The smallest absolute Gasteiger partial charge is 0.205 e. The van der Waals surface area contributed by atoms with Crippen LogP contribution < -0.4 is 0 Å². The molecule has 2 nitrogen and oxygen atoms in total. The zero-order chi connectivity index (χ0) is 8.27. The first-order valence-electron chi connectivity index (χ1n) is 3.01. The highest BCUT2D eigenvalue weighted by Gasteiger charge is 2.00. The first-order valence-corrected chi connectivity index (χ1v) is 3.70. The van der Waals surface area contributed by atoms with Gasteiger partial charge in [0.2, 0.25) is 11.5 Å². The fraction of sp³-hybridized carbons (Fsp3) is 0.143. The van der Waals surface area contributed by atoms with Gasteiger partial charge in [-0.1, -0.05) is 6.07 Å². The number of nitrogens with zero attached hydrogens (tertiary/aromatic N) is 1. The average Bonchev–Trinajstić information content (AvgIpc) is 1.99. The summed E-state index contributed by atoms with van der Waals surface area (Å²) >= 11 is 0.0859. The van der Waals surface area contributed by atoms with E-state index in [4.69, 9.17) is 0 Å². The lowest BCUT2D eigenvalue weighted by Gasteiger charge is -1.96. The summed E-state index contributed by atoms with van der Waals surface area (Å²) in [7, 11) is 0. The number of rotatable bonds is 1. The van der Waals surface area contributed by atoms with Gasteiger partial charge in [-0.25, -0.2) is 4.39 Å². The Morgan fingerprint density at radius 3 is 2.91 bits per heavy atom. The second-order valence-electron chi connectivity index (χ2n) is 2.05. The van der Waals surface area contributed by atoms with Crippen molar-refractivity contribution < 1.29 is 8.60 Å².